The average molecular weight is 254 g/mol. The minimum Gasteiger partial charge on any atom is -0.481 e. The number of hydrogen-bond donors (Lipinski definition) is 3. The topological polar surface area (TPSA) is 78.4 Å². The zero-order valence-electron chi connectivity index (χ0n) is 10.7. The number of aliphatic carboxylic acids is 1. The van der Waals surface area contributed by atoms with Crippen molar-refractivity contribution in [3.8, 4) is 0 Å². The van der Waals surface area contributed by atoms with Gasteiger partial charge in [-0.1, -0.05) is 12.8 Å². The molecule has 102 valence electrons. The highest BCUT2D eigenvalue weighted by Gasteiger charge is 2.36. The van der Waals surface area contributed by atoms with Crippen molar-refractivity contribution in [3.05, 3.63) is 0 Å². The number of carboxylic acids is 1. The van der Waals surface area contributed by atoms with E-state index < -0.39 is 11.9 Å². The number of hydrogen-bond acceptors (Lipinski definition) is 3. The van der Waals surface area contributed by atoms with E-state index in [-0.39, 0.29) is 17.9 Å². The number of nitrogens with one attached hydrogen (secondary N) is 2. The van der Waals surface area contributed by atoms with Crippen LogP contribution in [0.5, 0.6) is 0 Å². The van der Waals surface area contributed by atoms with Crippen molar-refractivity contribution in [2.75, 3.05) is 13.1 Å². The molecule has 0 aromatic heterocycles. The summed E-state index contributed by atoms with van der Waals surface area (Å²) in [5.41, 5.74) is 0. The Bertz CT molecular complexity index is 313. The second-order valence-electron chi connectivity index (χ2n) is 5.37. The van der Waals surface area contributed by atoms with Crippen LogP contribution in [0.4, 0.5) is 0 Å². The van der Waals surface area contributed by atoms with Crippen LogP contribution in [0.15, 0.2) is 0 Å². The van der Waals surface area contributed by atoms with E-state index in [0.717, 1.165) is 38.8 Å². The molecule has 2 atom stereocenters. The van der Waals surface area contributed by atoms with Crippen LogP contribution in [0, 0.1) is 11.8 Å². The highest BCUT2D eigenvalue weighted by Crippen LogP contribution is 2.30. The lowest BCUT2D eigenvalue weighted by Gasteiger charge is -2.30. The summed E-state index contributed by atoms with van der Waals surface area (Å²) in [6, 6.07) is 0.218. The van der Waals surface area contributed by atoms with Gasteiger partial charge < -0.3 is 15.7 Å². The highest BCUT2D eigenvalue weighted by atomic mass is 16.4. The monoisotopic (exact) mass is 254 g/mol. The maximum absolute atomic E-state index is 12.2. The molecule has 18 heavy (non-hydrogen) atoms. The Kier molecular flexibility index (Phi) is 4.58. The first-order chi connectivity index (χ1) is 8.68. The van der Waals surface area contributed by atoms with Gasteiger partial charge in [-0.25, -0.2) is 0 Å². The predicted octanol–water partition coefficient (Wildman–Crippen LogP) is 0.746. The van der Waals surface area contributed by atoms with Gasteiger partial charge in [-0.15, -0.1) is 0 Å². The van der Waals surface area contributed by atoms with E-state index in [4.69, 9.17) is 0 Å². The molecule has 1 saturated heterocycles. The fourth-order valence-electron chi connectivity index (χ4n) is 3.01. The molecular formula is C13H22N2O3. The third-order valence-corrected chi connectivity index (χ3v) is 4.11. The molecule has 1 amide bonds. The molecule has 0 radical (unpaired) electrons. The van der Waals surface area contributed by atoms with Gasteiger partial charge >= 0.3 is 5.97 Å². The zero-order valence-corrected chi connectivity index (χ0v) is 10.7. The second-order valence-corrected chi connectivity index (χ2v) is 5.37. The van der Waals surface area contributed by atoms with E-state index in [0.29, 0.717) is 12.8 Å². The Hall–Kier alpha value is -1.10. The van der Waals surface area contributed by atoms with E-state index in [1.165, 1.54) is 0 Å². The molecule has 0 aromatic rings. The fraction of sp³-hybridized carbons (Fsp3) is 0.846. The first kappa shape index (κ1) is 13.3. The summed E-state index contributed by atoms with van der Waals surface area (Å²) in [6.07, 6.45) is 5.13. The molecule has 2 fully saturated rings. The third kappa shape index (κ3) is 3.22. The van der Waals surface area contributed by atoms with Gasteiger partial charge in [0.25, 0.3) is 0 Å². The van der Waals surface area contributed by atoms with Gasteiger partial charge in [0, 0.05) is 6.04 Å². The number of rotatable bonds is 3. The van der Waals surface area contributed by atoms with Crippen LogP contribution in [-0.4, -0.2) is 36.1 Å². The van der Waals surface area contributed by atoms with Crippen molar-refractivity contribution in [3.63, 3.8) is 0 Å². The lowest BCUT2D eigenvalue weighted by molar-refractivity contribution is -0.149. The quantitative estimate of drug-likeness (QED) is 0.694. The van der Waals surface area contributed by atoms with Gasteiger partial charge in [0.05, 0.1) is 11.8 Å². The molecule has 3 N–H and O–H groups in total. The minimum atomic E-state index is -0.819. The summed E-state index contributed by atoms with van der Waals surface area (Å²) in [7, 11) is 0. The smallest absolute Gasteiger partial charge is 0.307 e. The van der Waals surface area contributed by atoms with Gasteiger partial charge in [-0.3, -0.25) is 9.59 Å². The maximum Gasteiger partial charge on any atom is 0.307 e. The Morgan fingerprint density at radius 1 is 1.00 bits per heavy atom. The molecule has 1 aliphatic carbocycles. The van der Waals surface area contributed by atoms with Gasteiger partial charge in [-0.05, 0) is 38.8 Å². The average Bonchev–Trinajstić information content (AvgIpc) is 2.40. The molecule has 2 rings (SSSR count). The normalized spacial score (nSPS) is 29.8. The van der Waals surface area contributed by atoms with Crippen LogP contribution < -0.4 is 10.6 Å². The van der Waals surface area contributed by atoms with Gasteiger partial charge in [-0.2, -0.15) is 0 Å². The van der Waals surface area contributed by atoms with Crippen LogP contribution in [0.3, 0.4) is 0 Å². The minimum absolute atomic E-state index is 0.0472. The summed E-state index contributed by atoms with van der Waals surface area (Å²) in [4.78, 5) is 23.4. The van der Waals surface area contributed by atoms with Crippen molar-refractivity contribution in [1.82, 2.24) is 10.6 Å². The van der Waals surface area contributed by atoms with Crippen molar-refractivity contribution in [2.24, 2.45) is 11.8 Å². The Balaban J connectivity index is 1.91. The third-order valence-electron chi connectivity index (χ3n) is 4.11. The largest absolute Gasteiger partial charge is 0.481 e. The lowest BCUT2D eigenvalue weighted by Crippen LogP contribution is -2.47. The molecule has 1 saturated carbocycles. The Morgan fingerprint density at radius 3 is 2.22 bits per heavy atom. The van der Waals surface area contributed by atoms with Crippen molar-refractivity contribution >= 4 is 11.9 Å². The van der Waals surface area contributed by atoms with Crippen LogP contribution in [0.2, 0.25) is 0 Å². The molecule has 2 unspecified atom stereocenters. The van der Waals surface area contributed by atoms with E-state index in [2.05, 4.69) is 10.6 Å². The highest BCUT2D eigenvalue weighted by molar-refractivity contribution is 5.85. The number of carboxylic acid groups (broad SMARTS) is 1. The second kappa shape index (κ2) is 6.18. The van der Waals surface area contributed by atoms with E-state index in [1.54, 1.807) is 0 Å². The molecule has 0 bridgehead atoms. The summed E-state index contributed by atoms with van der Waals surface area (Å²) in [6.45, 7) is 1.86. The van der Waals surface area contributed by atoms with Crippen molar-refractivity contribution in [2.45, 2.75) is 44.6 Å². The van der Waals surface area contributed by atoms with Crippen molar-refractivity contribution < 1.29 is 14.7 Å². The Labute approximate surface area is 107 Å². The summed E-state index contributed by atoms with van der Waals surface area (Å²) < 4.78 is 0. The van der Waals surface area contributed by atoms with E-state index in [1.807, 2.05) is 0 Å². The van der Waals surface area contributed by atoms with Gasteiger partial charge in [0.2, 0.25) is 5.91 Å². The summed E-state index contributed by atoms with van der Waals surface area (Å²) in [5, 5.41) is 15.5. The first-order valence-electron chi connectivity index (χ1n) is 6.92. The van der Waals surface area contributed by atoms with Crippen LogP contribution in [0.25, 0.3) is 0 Å². The fourth-order valence-corrected chi connectivity index (χ4v) is 3.01. The Morgan fingerprint density at radius 2 is 1.61 bits per heavy atom. The van der Waals surface area contributed by atoms with Gasteiger partial charge in [0.15, 0.2) is 0 Å². The molecule has 1 heterocycles. The number of amides is 1. The standard InChI is InChI=1S/C13H22N2O3/c16-12(15-9-5-7-14-8-6-9)10-3-1-2-4-11(10)13(17)18/h9-11,14H,1-8H2,(H,15,16)(H,17,18). The van der Waals surface area contributed by atoms with Crippen LogP contribution in [-0.2, 0) is 9.59 Å². The number of carbonyl (C=O) groups is 2. The molecule has 0 spiro atoms. The van der Waals surface area contributed by atoms with Crippen molar-refractivity contribution in [1.29, 1.82) is 0 Å². The van der Waals surface area contributed by atoms with Gasteiger partial charge in [0.1, 0.15) is 0 Å². The maximum atomic E-state index is 12.2. The molecule has 5 nitrogen and oxygen atoms in total. The SMILES string of the molecule is O=C(O)C1CCCCC1C(=O)NC1CCNCC1. The van der Waals surface area contributed by atoms with Crippen LogP contribution in [0.1, 0.15) is 38.5 Å². The molecular weight excluding hydrogens is 232 g/mol. The molecule has 5 heteroatoms. The summed E-state index contributed by atoms with van der Waals surface area (Å²) in [5.74, 6) is -1.68. The number of piperidine rings is 1. The van der Waals surface area contributed by atoms with Crippen LogP contribution >= 0.6 is 0 Å². The first-order valence-corrected chi connectivity index (χ1v) is 6.92. The molecule has 1 aliphatic heterocycles. The lowest BCUT2D eigenvalue weighted by atomic mass is 9.78. The molecule has 2 aliphatic rings. The summed E-state index contributed by atoms with van der Waals surface area (Å²) >= 11 is 0. The van der Waals surface area contributed by atoms with E-state index >= 15 is 0 Å². The predicted molar refractivity (Wildman–Crippen MR) is 67.1 cm³/mol. The number of carbonyl (C=O) groups excluding carboxylic acids is 1. The van der Waals surface area contributed by atoms with E-state index in [9.17, 15) is 14.7 Å². The zero-order chi connectivity index (χ0) is 13.0. The molecule has 0 aromatic carbocycles.